The van der Waals surface area contributed by atoms with E-state index in [4.69, 9.17) is 0 Å². The van der Waals surface area contributed by atoms with Crippen LogP contribution in [0, 0.1) is 13.8 Å². The number of rotatable bonds is 6. The van der Waals surface area contributed by atoms with E-state index in [2.05, 4.69) is 32.0 Å². The van der Waals surface area contributed by atoms with E-state index in [-0.39, 0.29) is 11.7 Å². The van der Waals surface area contributed by atoms with E-state index in [9.17, 15) is 4.79 Å². The molecule has 0 N–H and O–H groups in total. The van der Waals surface area contributed by atoms with Crippen molar-refractivity contribution >= 4 is 17.5 Å². The molecule has 3 aromatic carbocycles. The molecule has 1 atom stereocenters. The summed E-state index contributed by atoms with van der Waals surface area (Å²) < 4.78 is 0. The van der Waals surface area contributed by atoms with Crippen molar-refractivity contribution in [1.82, 2.24) is 0 Å². The van der Waals surface area contributed by atoms with Gasteiger partial charge in [-0.05, 0) is 42.7 Å². The van der Waals surface area contributed by atoms with Crippen molar-refractivity contribution in [2.45, 2.75) is 24.7 Å². The summed E-state index contributed by atoms with van der Waals surface area (Å²) in [5.74, 6) is 0.776. The Balaban J connectivity index is 1.84. The Hall–Kier alpha value is -2.32. The number of hydrogen-bond acceptors (Lipinski definition) is 2. The van der Waals surface area contributed by atoms with Crippen LogP contribution in [0.25, 0.3) is 0 Å². The van der Waals surface area contributed by atoms with Crippen LogP contribution >= 0.6 is 11.8 Å². The Bertz CT molecular complexity index is 840. The molecule has 0 bridgehead atoms. The lowest BCUT2D eigenvalue weighted by molar-refractivity contribution is 0.0968. The van der Waals surface area contributed by atoms with E-state index in [1.807, 2.05) is 60.7 Å². The molecular formula is C23H22OS. The number of carbonyl (C=O) groups is 1. The molecule has 3 aromatic rings. The van der Waals surface area contributed by atoms with Gasteiger partial charge in [0, 0.05) is 16.2 Å². The fraction of sp³-hybridized carbons (Fsp3) is 0.174. The number of aryl methyl sites for hydroxylation is 2. The maximum absolute atomic E-state index is 13.1. The first-order valence-electron chi connectivity index (χ1n) is 8.49. The Labute approximate surface area is 154 Å². The quantitative estimate of drug-likeness (QED) is 0.398. The van der Waals surface area contributed by atoms with E-state index in [0.717, 1.165) is 16.9 Å². The summed E-state index contributed by atoms with van der Waals surface area (Å²) >= 11 is 1.75. The molecule has 0 amide bonds. The van der Waals surface area contributed by atoms with Gasteiger partial charge in [-0.1, -0.05) is 66.7 Å². The third kappa shape index (κ3) is 4.40. The highest BCUT2D eigenvalue weighted by atomic mass is 32.2. The molecule has 1 unspecified atom stereocenters. The van der Waals surface area contributed by atoms with Gasteiger partial charge in [-0.3, -0.25) is 4.79 Å². The van der Waals surface area contributed by atoms with Gasteiger partial charge >= 0.3 is 0 Å². The zero-order valence-corrected chi connectivity index (χ0v) is 15.4. The predicted molar refractivity (Wildman–Crippen MR) is 107 cm³/mol. The average Bonchev–Trinajstić information content (AvgIpc) is 2.66. The van der Waals surface area contributed by atoms with Gasteiger partial charge in [0.25, 0.3) is 0 Å². The van der Waals surface area contributed by atoms with Gasteiger partial charge in [0.1, 0.15) is 0 Å². The Morgan fingerprint density at radius 2 is 1.48 bits per heavy atom. The van der Waals surface area contributed by atoms with Crippen LogP contribution in [0.15, 0.2) is 83.8 Å². The summed E-state index contributed by atoms with van der Waals surface area (Å²) in [7, 11) is 0. The van der Waals surface area contributed by atoms with Crippen LogP contribution < -0.4 is 0 Å². The molecule has 0 aromatic heterocycles. The minimum atomic E-state index is -0.143. The second-order valence-corrected chi connectivity index (χ2v) is 7.34. The summed E-state index contributed by atoms with van der Waals surface area (Å²) in [6.07, 6.45) is 0. The van der Waals surface area contributed by atoms with Gasteiger partial charge in [0.05, 0.1) is 5.92 Å². The van der Waals surface area contributed by atoms with Crippen molar-refractivity contribution < 1.29 is 4.79 Å². The summed E-state index contributed by atoms with van der Waals surface area (Å²) in [5.41, 5.74) is 4.43. The van der Waals surface area contributed by atoms with Crippen LogP contribution in [0.5, 0.6) is 0 Å². The minimum absolute atomic E-state index is 0.143. The van der Waals surface area contributed by atoms with Crippen molar-refractivity contribution in [3.63, 3.8) is 0 Å². The molecular weight excluding hydrogens is 324 g/mol. The molecule has 2 heteroatoms. The predicted octanol–water partition coefficient (Wildman–Crippen LogP) is 6.06. The minimum Gasteiger partial charge on any atom is -0.293 e. The van der Waals surface area contributed by atoms with Crippen LogP contribution in [-0.2, 0) is 0 Å². The normalized spacial score (nSPS) is 11.9. The number of Topliss-reactive ketones (excluding diaryl/α,β-unsaturated/α-hetero) is 1. The SMILES string of the molecule is Cc1ccc(SCC(C(=O)c2ccccc2)c2ccccc2)cc1C. The average molecular weight is 346 g/mol. The van der Waals surface area contributed by atoms with Crippen LogP contribution in [-0.4, -0.2) is 11.5 Å². The number of ketones is 1. The van der Waals surface area contributed by atoms with Crippen LogP contribution in [0.1, 0.15) is 33.0 Å². The van der Waals surface area contributed by atoms with E-state index >= 15 is 0 Å². The van der Waals surface area contributed by atoms with E-state index in [1.54, 1.807) is 11.8 Å². The number of hydrogen-bond donors (Lipinski definition) is 0. The second kappa shape index (κ2) is 8.17. The molecule has 0 aliphatic heterocycles. The van der Waals surface area contributed by atoms with E-state index < -0.39 is 0 Å². The van der Waals surface area contributed by atoms with Crippen molar-refractivity contribution in [2.75, 3.05) is 5.75 Å². The topological polar surface area (TPSA) is 17.1 Å². The van der Waals surface area contributed by atoms with E-state index in [1.165, 1.54) is 16.0 Å². The fourth-order valence-corrected chi connectivity index (χ4v) is 3.92. The standard InChI is InChI=1S/C23H22OS/c1-17-13-14-21(15-18(17)2)25-16-22(19-9-5-3-6-10-19)23(24)20-11-7-4-8-12-20/h3-15,22H,16H2,1-2H3. The van der Waals surface area contributed by atoms with Crippen LogP contribution in [0.4, 0.5) is 0 Å². The molecule has 0 radical (unpaired) electrons. The first kappa shape index (κ1) is 17.5. The van der Waals surface area contributed by atoms with Crippen molar-refractivity contribution in [3.8, 4) is 0 Å². The van der Waals surface area contributed by atoms with Crippen LogP contribution in [0.2, 0.25) is 0 Å². The molecule has 0 saturated heterocycles. The molecule has 0 heterocycles. The number of benzene rings is 3. The van der Waals surface area contributed by atoms with E-state index in [0.29, 0.717) is 0 Å². The molecule has 0 fully saturated rings. The summed E-state index contributed by atoms with van der Waals surface area (Å²) in [4.78, 5) is 14.3. The Kier molecular flexibility index (Phi) is 5.72. The second-order valence-electron chi connectivity index (χ2n) is 6.25. The lowest BCUT2D eigenvalue weighted by Gasteiger charge is -2.16. The van der Waals surface area contributed by atoms with Gasteiger partial charge in [-0.15, -0.1) is 11.8 Å². The Morgan fingerprint density at radius 1 is 0.840 bits per heavy atom. The zero-order valence-electron chi connectivity index (χ0n) is 14.6. The maximum atomic E-state index is 13.1. The molecule has 0 aliphatic carbocycles. The highest BCUT2D eigenvalue weighted by molar-refractivity contribution is 7.99. The van der Waals surface area contributed by atoms with Crippen molar-refractivity contribution in [1.29, 1.82) is 0 Å². The Morgan fingerprint density at radius 3 is 2.12 bits per heavy atom. The van der Waals surface area contributed by atoms with Gasteiger partial charge < -0.3 is 0 Å². The van der Waals surface area contributed by atoms with Gasteiger partial charge in [-0.25, -0.2) is 0 Å². The lowest BCUT2D eigenvalue weighted by atomic mass is 9.92. The van der Waals surface area contributed by atoms with Crippen molar-refractivity contribution in [3.05, 3.63) is 101 Å². The maximum Gasteiger partial charge on any atom is 0.171 e. The van der Waals surface area contributed by atoms with Crippen LogP contribution in [0.3, 0.4) is 0 Å². The molecule has 0 aliphatic rings. The van der Waals surface area contributed by atoms with Gasteiger partial charge in [0.2, 0.25) is 0 Å². The zero-order chi connectivity index (χ0) is 17.6. The monoisotopic (exact) mass is 346 g/mol. The molecule has 1 nitrogen and oxygen atoms in total. The number of carbonyl (C=O) groups excluding carboxylic acids is 1. The molecule has 126 valence electrons. The first-order chi connectivity index (χ1) is 12.1. The molecule has 3 rings (SSSR count). The fourth-order valence-electron chi connectivity index (χ4n) is 2.80. The lowest BCUT2D eigenvalue weighted by Crippen LogP contribution is -2.15. The molecule has 25 heavy (non-hydrogen) atoms. The summed E-state index contributed by atoms with van der Waals surface area (Å²) in [6.45, 7) is 4.25. The van der Waals surface area contributed by atoms with Gasteiger partial charge in [0.15, 0.2) is 5.78 Å². The number of thioether (sulfide) groups is 1. The molecule has 0 saturated carbocycles. The smallest absolute Gasteiger partial charge is 0.171 e. The highest BCUT2D eigenvalue weighted by Crippen LogP contribution is 2.30. The molecule has 0 spiro atoms. The van der Waals surface area contributed by atoms with Gasteiger partial charge in [-0.2, -0.15) is 0 Å². The third-order valence-electron chi connectivity index (χ3n) is 4.47. The first-order valence-corrected chi connectivity index (χ1v) is 9.48. The summed E-state index contributed by atoms with van der Waals surface area (Å²) in [5, 5.41) is 0. The van der Waals surface area contributed by atoms with Crippen molar-refractivity contribution in [2.24, 2.45) is 0 Å². The highest BCUT2D eigenvalue weighted by Gasteiger charge is 2.22. The summed E-state index contributed by atoms with van der Waals surface area (Å²) in [6, 6.07) is 26.2. The largest absolute Gasteiger partial charge is 0.293 e. The third-order valence-corrected chi connectivity index (χ3v) is 5.56.